The largest absolute Gasteiger partial charge is 0.269 e. The molecule has 0 aromatic heterocycles. The fraction of sp³-hybridized carbons (Fsp3) is 0.200. The Bertz CT molecular complexity index is 591. The second-order valence-electron chi connectivity index (χ2n) is 4.57. The molecule has 3 nitrogen and oxygen atoms in total. The second kappa shape index (κ2) is 4.26. The highest BCUT2D eigenvalue weighted by molar-refractivity contribution is 5.84. The third-order valence-corrected chi connectivity index (χ3v) is 3.51. The lowest BCUT2D eigenvalue weighted by Gasteiger charge is -2.12. The van der Waals surface area contributed by atoms with E-state index in [1.807, 2.05) is 12.1 Å². The van der Waals surface area contributed by atoms with Gasteiger partial charge in [0.15, 0.2) is 0 Å². The van der Waals surface area contributed by atoms with Crippen molar-refractivity contribution in [2.45, 2.75) is 19.3 Å². The van der Waals surface area contributed by atoms with Gasteiger partial charge in [0.1, 0.15) is 0 Å². The van der Waals surface area contributed by atoms with Crippen LogP contribution < -0.4 is 0 Å². The Balaban J connectivity index is 1.94. The van der Waals surface area contributed by atoms with Crippen molar-refractivity contribution in [3.05, 3.63) is 69.3 Å². The normalized spacial score (nSPS) is 17.7. The molecule has 2 aliphatic rings. The number of hydrogen-bond donors (Lipinski definition) is 0. The minimum absolute atomic E-state index is 0.148. The van der Waals surface area contributed by atoms with Crippen LogP contribution in [0, 0.1) is 10.1 Å². The van der Waals surface area contributed by atoms with E-state index in [1.165, 1.54) is 16.7 Å². The quantitative estimate of drug-likeness (QED) is 0.577. The van der Waals surface area contributed by atoms with Crippen molar-refractivity contribution in [3.63, 3.8) is 0 Å². The summed E-state index contributed by atoms with van der Waals surface area (Å²) in [6.45, 7) is 0. The van der Waals surface area contributed by atoms with Crippen LogP contribution in [-0.2, 0) is 0 Å². The van der Waals surface area contributed by atoms with Gasteiger partial charge in [-0.1, -0.05) is 18.2 Å². The molecule has 2 aliphatic carbocycles. The molecule has 0 aliphatic heterocycles. The predicted molar refractivity (Wildman–Crippen MR) is 71.1 cm³/mol. The Kier molecular flexibility index (Phi) is 2.59. The van der Waals surface area contributed by atoms with Gasteiger partial charge in [-0.2, -0.15) is 0 Å². The summed E-state index contributed by atoms with van der Waals surface area (Å²) < 4.78 is 0. The molecule has 1 aromatic rings. The van der Waals surface area contributed by atoms with Crippen LogP contribution in [0.1, 0.15) is 24.8 Å². The lowest BCUT2D eigenvalue weighted by Crippen LogP contribution is -1.93. The van der Waals surface area contributed by atoms with Gasteiger partial charge < -0.3 is 0 Å². The van der Waals surface area contributed by atoms with Crippen molar-refractivity contribution in [1.82, 2.24) is 0 Å². The van der Waals surface area contributed by atoms with Crippen molar-refractivity contribution in [3.8, 4) is 0 Å². The zero-order valence-electron chi connectivity index (χ0n) is 9.93. The topological polar surface area (TPSA) is 43.1 Å². The van der Waals surface area contributed by atoms with Crippen molar-refractivity contribution in [1.29, 1.82) is 0 Å². The molecule has 1 aromatic carbocycles. The molecule has 0 fully saturated rings. The van der Waals surface area contributed by atoms with Crippen molar-refractivity contribution < 1.29 is 4.92 Å². The second-order valence-corrected chi connectivity index (χ2v) is 4.57. The van der Waals surface area contributed by atoms with Crippen molar-refractivity contribution in [2.24, 2.45) is 0 Å². The summed E-state index contributed by atoms with van der Waals surface area (Å²) >= 11 is 0. The zero-order chi connectivity index (χ0) is 12.5. The van der Waals surface area contributed by atoms with Crippen LogP contribution in [0.15, 0.2) is 53.6 Å². The molecule has 0 unspecified atom stereocenters. The van der Waals surface area contributed by atoms with Gasteiger partial charge in [-0.25, -0.2) is 0 Å². The molecule has 0 spiro atoms. The first kappa shape index (κ1) is 11.0. The average Bonchev–Trinajstić information content (AvgIpc) is 2.82. The minimum Gasteiger partial charge on any atom is -0.258 e. The number of hydrogen-bond acceptors (Lipinski definition) is 2. The van der Waals surface area contributed by atoms with E-state index in [2.05, 4.69) is 18.2 Å². The molecule has 90 valence electrons. The molecule has 0 saturated heterocycles. The van der Waals surface area contributed by atoms with Crippen LogP contribution in [-0.4, -0.2) is 4.92 Å². The van der Waals surface area contributed by atoms with E-state index in [0.717, 1.165) is 24.8 Å². The predicted octanol–water partition coefficient (Wildman–Crippen LogP) is 4.03. The van der Waals surface area contributed by atoms with Crippen LogP contribution in [0.2, 0.25) is 0 Å². The molecule has 0 atom stereocenters. The number of benzene rings is 1. The number of nitro groups is 1. The van der Waals surface area contributed by atoms with Gasteiger partial charge in [0.2, 0.25) is 0 Å². The standard InChI is InChI=1S/C15H13NO2/c17-16(18)13-8-5-12(6-9-13)15-10-7-11-3-1-2-4-14(11)15/h1,3,5-6,8-10H,2,4,7H2. The molecular formula is C15H13NO2. The lowest BCUT2D eigenvalue weighted by atomic mass is 9.92. The fourth-order valence-corrected chi connectivity index (χ4v) is 2.60. The maximum atomic E-state index is 10.6. The molecule has 0 radical (unpaired) electrons. The molecule has 0 saturated carbocycles. The van der Waals surface area contributed by atoms with Gasteiger partial charge in [-0.05, 0) is 53.7 Å². The summed E-state index contributed by atoms with van der Waals surface area (Å²) in [5, 5.41) is 10.6. The lowest BCUT2D eigenvalue weighted by molar-refractivity contribution is -0.384. The Morgan fingerprint density at radius 3 is 2.67 bits per heavy atom. The Labute approximate surface area is 105 Å². The van der Waals surface area contributed by atoms with Gasteiger partial charge in [0.05, 0.1) is 4.92 Å². The van der Waals surface area contributed by atoms with E-state index in [1.54, 1.807) is 12.1 Å². The minimum atomic E-state index is -0.360. The summed E-state index contributed by atoms with van der Waals surface area (Å²) in [6.07, 6.45) is 9.79. The van der Waals surface area contributed by atoms with E-state index in [0.29, 0.717) is 0 Å². The Morgan fingerprint density at radius 2 is 1.94 bits per heavy atom. The van der Waals surface area contributed by atoms with Gasteiger partial charge in [-0.15, -0.1) is 0 Å². The molecular weight excluding hydrogens is 226 g/mol. The van der Waals surface area contributed by atoms with Crippen LogP contribution in [0.3, 0.4) is 0 Å². The van der Waals surface area contributed by atoms with Gasteiger partial charge >= 0.3 is 0 Å². The van der Waals surface area contributed by atoms with E-state index >= 15 is 0 Å². The highest BCUT2D eigenvalue weighted by Crippen LogP contribution is 2.39. The summed E-state index contributed by atoms with van der Waals surface area (Å²) in [5.74, 6) is 0. The summed E-state index contributed by atoms with van der Waals surface area (Å²) in [4.78, 5) is 10.3. The number of allylic oxidation sites excluding steroid dienone is 6. The summed E-state index contributed by atoms with van der Waals surface area (Å²) in [5.41, 5.74) is 5.29. The first-order valence-corrected chi connectivity index (χ1v) is 6.09. The van der Waals surface area contributed by atoms with Gasteiger partial charge in [0, 0.05) is 12.1 Å². The first-order valence-electron chi connectivity index (χ1n) is 6.09. The van der Waals surface area contributed by atoms with Crippen LogP contribution in [0.5, 0.6) is 0 Å². The number of non-ortho nitro benzene ring substituents is 1. The maximum Gasteiger partial charge on any atom is 0.269 e. The van der Waals surface area contributed by atoms with E-state index in [4.69, 9.17) is 0 Å². The number of nitrogens with zero attached hydrogens (tertiary/aromatic N) is 1. The molecule has 3 heteroatoms. The van der Waals surface area contributed by atoms with Gasteiger partial charge in [0.25, 0.3) is 5.69 Å². The number of nitro benzene ring substituents is 1. The monoisotopic (exact) mass is 239 g/mol. The average molecular weight is 239 g/mol. The molecule has 0 N–H and O–H groups in total. The molecule has 0 amide bonds. The molecule has 0 bridgehead atoms. The fourth-order valence-electron chi connectivity index (χ4n) is 2.60. The third-order valence-electron chi connectivity index (χ3n) is 3.51. The first-order chi connectivity index (χ1) is 8.75. The van der Waals surface area contributed by atoms with Crippen LogP contribution in [0.25, 0.3) is 5.57 Å². The Morgan fingerprint density at radius 1 is 1.17 bits per heavy atom. The summed E-state index contributed by atoms with van der Waals surface area (Å²) in [7, 11) is 0. The molecule has 18 heavy (non-hydrogen) atoms. The van der Waals surface area contributed by atoms with Crippen LogP contribution in [0.4, 0.5) is 5.69 Å². The molecule has 0 heterocycles. The highest BCUT2D eigenvalue weighted by Gasteiger charge is 2.19. The van der Waals surface area contributed by atoms with Crippen LogP contribution >= 0.6 is 0 Å². The van der Waals surface area contributed by atoms with E-state index in [-0.39, 0.29) is 10.6 Å². The highest BCUT2D eigenvalue weighted by atomic mass is 16.6. The third kappa shape index (κ3) is 1.78. The summed E-state index contributed by atoms with van der Waals surface area (Å²) in [6, 6.07) is 6.84. The zero-order valence-corrected chi connectivity index (χ0v) is 9.93. The smallest absolute Gasteiger partial charge is 0.258 e. The number of rotatable bonds is 2. The van der Waals surface area contributed by atoms with E-state index < -0.39 is 0 Å². The SMILES string of the molecule is O=[N+]([O-])c1ccc(C2=CCC3=C2CCC=C3)cc1. The van der Waals surface area contributed by atoms with Gasteiger partial charge in [-0.3, -0.25) is 10.1 Å². The van der Waals surface area contributed by atoms with Crippen molar-refractivity contribution >= 4 is 11.3 Å². The van der Waals surface area contributed by atoms with Crippen molar-refractivity contribution in [2.75, 3.05) is 0 Å². The Hall–Kier alpha value is -2.16. The maximum absolute atomic E-state index is 10.6. The molecule has 3 rings (SSSR count). The van der Waals surface area contributed by atoms with E-state index in [9.17, 15) is 10.1 Å².